The predicted molar refractivity (Wildman–Crippen MR) is 108 cm³/mol. The first-order valence-corrected chi connectivity index (χ1v) is 9.46. The van der Waals surface area contributed by atoms with Crippen molar-refractivity contribution in [1.29, 1.82) is 0 Å². The van der Waals surface area contributed by atoms with Crippen LogP contribution in [0.4, 0.5) is 17.2 Å². The zero-order chi connectivity index (χ0) is 18.4. The summed E-state index contributed by atoms with van der Waals surface area (Å²) in [5.74, 6) is 0.813. The lowest BCUT2D eigenvalue weighted by molar-refractivity contribution is 0.0984. The maximum Gasteiger partial charge on any atom is 0.276 e. The van der Waals surface area contributed by atoms with Crippen LogP contribution in [0.2, 0.25) is 0 Å². The molecular formula is C23H21N3O. The molecule has 0 saturated heterocycles. The lowest BCUT2D eigenvalue weighted by atomic mass is 10.1. The molecule has 0 saturated carbocycles. The number of benzene rings is 2. The van der Waals surface area contributed by atoms with Crippen molar-refractivity contribution in [3.63, 3.8) is 0 Å². The molecule has 27 heavy (non-hydrogen) atoms. The van der Waals surface area contributed by atoms with Gasteiger partial charge in [0, 0.05) is 24.0 Å². The molecule has 0 radical (unpaired) electrons. The number of hydrogen-bond donors (Lipinski definition) is 0. The topological polar surface area (TPSA) is 36.4 Å². The van der Waals surface area contributed by atoms with E-state index in [0.717, 1.165) is 24.3 Å². The van der Waals surface area contributed by atoms with Crippen LogP contribution in [0.25, 0.3) is 0 Å². The van der Waals surface area contributed by atoms with Gasteiger partial charge in [0.25, 0.3) is 5.91 Å². The zero-order valence-corrected chi connectivity index (χ0v) is 15.3. The van der Waals surface area contributed by atoms with Gasteiger partial charge in [-0.2, -0.15) is 0 Å². The van der Waals surface area contributed by atoms with Crippen molar-refractivity contribution in [2.75, 3.05) is 16.3 Å². The molecule has 1 unspecified atom stereocenters. The van der Waals surface area contributed by atoms with E-state index in [1.54, 1.807) is 0 Å². The number of pyridine rings is 1. The second-order valence-electron chi connectivity index (χ2n) is 7.27. The van der Waals surface area contributed by atoms with E-state index in [0.29, 0.717) is 18.3 Å². The molecule has 0 bridgehead atoms. The van der Waals surface area contributed by atoms with E-state index in [-0.39, 0.29) is 5.91 Å². The third-order valence-electron chi connectivity index (χ3n) is 5.54. The van der Waals surface area contributed by atoms with Crippen molar-refractivity contribution in [3.8, 4) is 0 Å². The number of amides is 1. The molecule has 0 spiro atoms. The summed E-state index contributed by atoms with van der Waals surface area (Å²) >= 11 is 0. The number of anilines is 3. The Labute approximate surface area is 159 Å². The van der Waals surface area contributed by atoms with Gasteiger partial charge in [0.1, 0.15) is 11.5 Å². The van der Waals surface area contributed by atoms with Gasteiger partial charge >= 0.3 is 0 Å². The van der Waals surface area contributed by atoms with E-state index in [4.69, 9.17) is 4.98 Å². The van der Waals surface area contributed by atoms with Crippen molar-refractivity contribution >= 4 is 23.1 Å². The molecule has 4 heteroatoms. The Morgan fingerprint density at radius 3 is 2.52 bits per heavy atom. The smallest absolute Gasteiger partial charge is 0.276 e. The highest BCUT2D eigenvalue weighted by Gasteiger charge is 2.30. The number of para-hydroxylation sites is 2. The summed E-state index contributed by atoms with van der Waals surface area (Å²) in [4.78, 5) is 22.0. The molecule has 3 heterocycles. The SMILES string of the molecule is CC1Cc2ccccc2N1c1cccc(C(=O)N2CCc3ccccc32)n1. The number of hydrogen-bond acceptors (Lipinski definition) is 3. The molecule has 1 aromatic heterocycles. The van der Waals surface area contributed by atoms with Gasteiger partial charge in [-0.15, -0.1) is 0 Å². The minimum absolute atomic E-state index is 0.0260. The molecule has 3 aromatic rings. The highest BCUT2D eigenvalue weighted by molar-refractivity contribution is 6.06. The monoisotopic (exact) mass is 355 g/mol. The number of nitrogens with zero attached hydrogens (tertiary/aromatic N) is 3. The fourth-order valence-electron chi connectivity index (χ4n) is 4.28. The highest BCUT2D eigenvalue weighted by atomic mass is 16.2. The Morgan fingerprint density at radius 1 is 0.926 bits per heavy atom. The number of fused-ring (bicyclic) bond motifs is 2. The second kappa shape index (κ2) is 6.23. The maximum atomic E-state index is 13.1. The van der Waals surface area contributed by atoms with Gasteiger partial charge in [0.05, 0.1) is 0 Å². The molecule has 1 amide bonds. The highest BCUT2D eigenvalue weighted by Crippen LogP contribution is 2.37. The molecule has 1 atom stereocenters. The Bertz CT molecular complexity index is 1030. The summed E-state index contributed by atoms with van der Waals surface area (Å²) < 4.78 is 0. The van der Waals surface area contributed by atoms with Gasteiger partial charge in [0.15, 0.2) is 0 Å². The average Bonchev–Trinajstić information content (AvgIpc) is 3.27. The van der Waals surface area contributed by atoms with Crippen molar-refractivity contribution in [1.82, 2.24) is 4.98 Å². The van der Waals surface area contributed by atoms with Crippen LogP contribution < -0.4 is 9.80 Å². The molecule has 4 nitrogen and oxygen atoms in total. The molecule has 5 rings (SSSR count). The second-order valence-corrected chi connectivity index (χ2v) is 7.27. The first-order valence-electron chi connectivity index (χ1n) is 9.46. The predicted octanol–water partition coefficient (Wildman–Crippen LogP) is 4.37. The number of carbonyl (C=O) groups excluding carboxylic acids is 1. The van der Waals surface area contributed by atoms with Gasteiger partial charge < -0.3 is 9.80 Å². The maximum absolute atomic E-state index is 13.1. The Morgan fingerprint density at radius 2 is 1.67 bits per heavy atom. The summed E-state index contributed by atoms with van der Waals surface area (Å²) in [5.41, 5.74) is 5.25. The molecule has 0 fully saturated rings. The zero-order valence-electron chi connectivity index (χ0n) is 15.3. The van der Waals surface area contributed by atoms with Crippen LogP contribution in [-0.2, 0) is 12.8 Å². The molecule has 134 valence electrons. The van der Waals surface area contributed by atoms with Crippen molar-refractivity contribution in [2.45, 2.75) is 25.8 Å². The Balaban J connectivity index is 1.49. The lowest BCUT2D eigenvalue weighted by Crippen LogP contribution is -2.30. The molecule has 2 aliphatic rings. The summed E-state index contributed by atoms with van der Waals surface area (Å²) in [7, 11) is 0. The lowest BCUT2D eigenvalue weighted by Gasteiger charge is -2.24. The summed E-state index contributed by atoms with van der Waals surface area (Å²) in [6, 6.07) is 22.6. The first kappa shape index (κ1) is 16.1. The minimum atomic E-state index is -0.0260. The van der Waals surface area contributed by atoms with Gasteiger partial charge in [0.2, 0.25) is 0 Å². The third-order valence-corrected chi connectivity index (χ3v) is 5.54. The van der Waals surface area contributed by atoms with Gasteiger partial charge in [-0.1, -0.05) is 42.5 Å². The Kier molecular flexibility index (Phi) is 3.71. The van der Waals surface area contributed by atoms with Gasteiger partial charge in [-0.3, -0.25) is 4.79 Å². The number of carbonyl (C=O) groups is 1. The van der Waals surface area contributed by atoms with E-state index in [1.807, 2.05) is 41.3 Å². The quantitative estimate of drug-likeness (QED) is 0.685. The molecule has 2 aliphatic heterocycles. The molecule has 2 aromatic carbocycles. The fourth-order valence-corrected chi connectivity index (χ4v) is 4.28. The molecule has 0 N–H and O–H groups in total. The van der Waals surface area contributed by atoms with Crippen LogP contribution in [0.15, 0.2) is 66.7 Å². The van der Waals surface area contributed by atoms with E-state index in [9.17, 15) is 4.79 Å². The Hall–Kier alpha value is -3.14. The van der Waals surface area contributed by atoms with Crippen LogP contribution in [0.3, 0.4) is 0 Å². The van der Waals surface area contributed by atoms with Gasteiger partial charge in [-0.25, -0.2) is 4.98 Å². The summed E-state index contributed by atoms with van der Waals surface area (Å²) in [6.45, 7) is 2.92. The van der Waals surface area contributed by atoms with E-state index < -0.39 is 0 Å². The van der Waals surface area contributed by atoms with Crippen molar-refractivity contribution in [2.24, 2.45) is 0 Å². The van der Waals surface area contributed by atoms with Crippen LogP contribution >= 0.6 is 0 Å². The summed E-state index contributed by atoms with van der Waals surface area (Å²) in [5, 5.41) is 0. The average molecular weight is 355 g/mol. The van der Waals surface area contributed by atoms with Crippen molar-refractivity contribution < 1.29 is 4.79 Å². The van der Waals surface area contributed by atoms with Gasteiger partial charge in [-0.05, 0) is 55.2 Å². The van der Waals surface area contributed by atoms with Crippen LogP contribution in [0.1, 0.15) is 28.5 Å². The number of rotatable bonds is 2. The standard InChI is InChI=1S/C23H21N3O/c1-16-15-18-8-3-5-11-21(18)26(16)22-12-6-9-19(24-22)23(27)25-14-13-17-7-2-4-10-20(17)25/h2-12,16H,13-15H2,1H3. The van der Waals surface area contributed by atoms with Crippen molar-refractivity contribution in [3.05, 3.63) is 83.6 Å². The first-order chi connectivity index (χ1) is 13.2. The minimum Gasteiger partial charge on any atom is -0.323 e. The largest absolute Gasteiger partial charge is 0.323 e. The van der Waals surface area contributed by atoms with E-state index >= 15 is 0 Å². The summed E-state index contributed by atoms with van der Waals surface area (Å²) in [6.07, 6.45) is 1.90. The van der Waals surface area contributed by atoms with E-state index in [2.05, 4.69) is 42.2 Å². The normalized spacial score (nSPS) is 17.7. The van der Waals surface area contributed by atoms with Crippen LogP contribution in [0, 0.1) is 0 Å². The fraction of sp³-hybridized carbons (Fsp3) is 0.217. The number of aromatic nitrogens is 1. The van der Waals surface area contributed by atoms with Crippen LogP contribution in [0.5, 0.6) is 0 Å². The third kappa shape index (κ3) is 2.60. The molecule has 0 aliphatic carbocycles. The van der Waals surface area contributed by atoms with E-state index in [1.165, 1.54) is 16.8 Å². The molecular weight excluding hydrogens is 334 g/mol. The van der Waals surface area contributed by atoms with Crippen LogP contribution in [-0.4, -0.2) is 23.5 Å².